The van der Waals surface area contributed by atoms with E-state index in [1.165, 1.54) is 28.9 Å². The number of benzene rings is 2. The lowest BCUT2D eigenvalue weighted by atomic mass is 9.65. The van der Waals surface area contributed by atoms with Gasteiger partial charge in [0, 0.05) is 18.5 Å². The summed E-state index contributed by atoms with van der Waals surface area (Å²) in [5.74, 6) is -0.383. The van der Waals surface area contributed by atoms with E-state index in [1.807, 2.05) is 6.08 Å². The lowest BCUT2D eigenvalue weighted by molar-refractivity contribution is -0.137. The average molecular weight is 575 g/mol. The number of aliphatic hydroxyl groups excluding tert-OH is 1. The maximum absolute atomic E-state index is 13.6. The van der Waals surface area contributed by atoms with Gasteiger partial charge in [-0.05, 0) is 73.0 Å². The van der Waals surface area contributed by atoms with Crippen molar-refractivity contribution in [3.05, 3.63) is 101 Å². The summed E-state index contributed by atoms with van der Waals surface area (Å²) in [5.41, 5.74) is 0.662. The number of hydrogen-bond donors (Lipinski definition) is 1. The molecule has 1 fully saturated rings. The van der Waals surface area contributed by atoms with E-state index in [4.69, 9.17) is 4.42 Å². The third-order valence-electron chi connectivity index (χ3n) is 7.53. The van der Waals surface area contributed by atoms with Crippen LogP contribution in [0.4, 0.5) is 17.6 Å². The molecule has 8 nitrogen and oxygen atoms in total. The van der Waals surface area contributed by atoms with Crippen LogP contribution in [0, 0.1) is 11.2 Å². The van der Waals surface area contributed by atoms with Crippen LogP contribution in [0.1, 0.15) is 35.2 Å². The Kier molecular flexibility index (Phi) is 6.20. The number of rotatable bonds is 5. The van der Waals surface area contributed by atoms with E-state index in [-0.39, 0.29) is 36.7 Å². The van der Waals surface area contributed by atoms with Crippen LogP contribution in [0.3, 0.4) is 0 Å². The molecule has 2 aromatic heterocycles. The molecular weight excluding hydrogens is 552 g/mol. The second-order valence-electron chi connectivity index (χ2n) is 9.83. The van der Waals surface area contributed by atoms with Crippen LogP contribution in [0.15, 0.2) is 82.1 Å². The van der Waals surface area contributed by atoms with E-state index in [0.29, 0.717) is 11.3 Å². The van der Waals surface area contributed by atoms with Gasteiger partial charge in [0.2, 0.25) is 15.9 Å². The Bertz CT molecular complexity index is 1680. The first-order valence-corrected chi connectivity index (χ1v) is 13.7. The molecule has 208 valence electrons. The van der Waals surface area contributed by atoms with Crippen LogP contribution in [0.5, 0.6) is 0 Å². The molecule has 0 saturated carbocycles. The summed E-state index contributed by atoms with van der Waals surface area (Å²) in [6.07, 6.45) is 0.612. The maximum atomic E-state index is 13.6. The molecule has 1 N–H and O–H groups in total. The molecule has 13 heteroatoms. The van der Waals surface area contributed by atoms with Crippen molar-refractivity contribution >= 4 is 16.1 Å². The number of alkyl halides is 3. The number of oxazole rings is 1. The fourth-order valence-electron chi connectivity index (χ4n) is 5.48. The standard InChI is InChI=1S/C27H22F4N4O4S/c28-20-3-5-21(6-4-20)35-23-13-19-9-11-34(40(37,38)22-7-1-18(2-8-22)27(29,30)31)16-26(19,14-17(23)15-33-35)24(36)25-32-10-12-39-25/h1-8,10,12-13,15,24,36H,9,11,14,16H2/t24?,26-/m0/s1. The van der Waals surface area contributed by atoms with Crippen molar-refractivity contribution in [2.45, 2.75) is 30.0 Å². The third-order valence-corrected chi connectivity index (χ3v) is 9.39. The molecule has 0 spiro atoms. The highest BCUT2D eigenvalue weighted by atomic mass is 32.2. The minimum atomic E-state index is -4.60. The highest BCUT2D eigenvalue weighted by Gasteiger charge is 2.52. The quantitative estimate of drug-likeness (QED) is 0.345. The van der Waals surface area contributed by atoms with Crippen LogP contribution in [-0.4, -0.2) is 45.7 Å². The van der Waals surface area contributed by atoms with E-state index in [2.05, 4.69) is 10.1 Å². The number of aromatic nitrogens is 3. The fourth-order valence-corrected chi connectivity index (χ4v) is 6.99. The molecule has 1 saturated heterocycles. The number of piperidine rings is 1. The predicted molar refractivity (Wildman–Crippen MR) is 134 cm³/mol. The number of fused-ring (bicyclic) bond motifs is 2. The summed E-state index contributed by atoms with van der Waals surface area (Å²) < 4.78 is 88.1. The number of sulfonamides is 1. The maximum Gasteiger partial charge on any atom is 0.416 e. The Morgan fingerprint density at radius 3 is 2.45 bits per heavy atom. The second-order valence-corrected chi connectivity index (χ2v) is 11.8. The van der Waals surface area contributed by atoms with Gasteiger partial charge in [0.25, 0.3) is 0 Å². The molecule has 2 atom stereocenters. The molecular formula is C27H22F4N4O4S. The predicted octanol–water partition coefficient (Wildman–Crippen LogP) is 4.77. The van der Waals surface area contributed by atoms with Gasteiger partial charge >= 0.3 is 6.18 Å². The van der Waals surface area contributed by atoms with E-state index in [0.717, 1.165) is 35.5 Å². The monoisotopic (exact) mass is 574 g/mol. The van der Waals surface area contributed by atoms with Crippen LogP contribution >= 0.6 is 0 Å². The molecule has 1 unspecified atom stereocenters. The van der Waals surface area contributed by atoms with Gasteiger partial charge in [-0.3, -0.25) is 0 Å². The molecule has 1 aliphatic heterocycles. The molecule has 1 aliphatic carbocycles. The number of nitrogens with zero attached hydrogens (tertiary/aromatic N) is 4. The normalized spacial score (nSPS) is 20.5. The van der Waals surface area contributed by atoms with Gasteiger partial charge in [-0.15, -0.1) is 0 Å². The lowest BCUT2D eigenvalue weighted by Crippen LogP contribution is -2.52. The van der Waals surface area contributed by atoms with E-state index >= 15 is 0 Å². The van der Waals surface area contributed by atoms with E-state index in [9.17, 15) is 31.1 Å². The first kappa shape index (κ1) is 26.4. The molecule has 2 aliphatic rings. The molecule has 2 aromatic carbocycles. The summed E-state index contributed by atoms with van der Waals surface area (Å²) in [4.78, 5) is 3.81. The molecule has 0 amide bonds. The van der Waals surface area contributed by atoms with Gasteiger partial charge in [0.15, 0.2) is 0 Å². The van der Waals surface area contributed by atoms with Crippen molar-refractivity contribution in [1.82, 2.24) is 19.1 Å². The van der Waals surface area contributed by atoms with Gasteiger partial charge in [-0.1, -0.05) is 5.57 Å². The van der Waals surface area contributed by atoms with E-state index < -0.39 is 39.1 Å². The summed E-state index contributed by atoms with van der Waals surface area (Å²) in [5, 5.41) is 16.0. The van der Waals surface area contributed by atoms with E-state index in [1.54, 1.807) is 23.0 Å². The van der Waals surface area contributed by atoms with Crippen molar-refractivity contribution in [2.24, 2.45) is 5.41 Å². The summed E-state index contributed by atoms with van der Waals surface area (Å²) in [6.45, 7) is -0.137. The third kappa shape index (κ3) is 4.34. The minimum Gasteiger partial charge on any atom is -0.446 e. The average Bonchev–Trinajstić information content (AvgIpc) is 3.61. The van der Waals surface area contributed by atoms with Crippen molar-refractivity contribution in [3.63, 3.8) is 0 Å². The topological polar surface area (TPSA) is 101 Å². The molecule has 6 rings (SSSR count). The van der Waals surface area contributed by atoms with Crippen LogP contribution in [0.2, 0.25) is 0 Å². The summed E-state index contributed by atoms with van der Waals surface area (Å²) in [6, 6.07) is 9.15. The zero-order valence-electron chi connectivity index (χ0n) is 20.7. The first-order chi connectivity index (χ1) is 19.0. The second kappa shape index (κ2) is 9.39. The Morgan fingerprint density at radius 1 is 1.07 bits per heavy atom. The number of aliphatic hydroxyl groups is 1. The largest absolute Gasteiger partial charge is 0.446 e. The van der Waals surface area contributed by atoms with Gasteiger partial charge in [-0.25, -0.2) is 22.5 Å². The van der Waals surface area contributed by atoms with Crippen molar-refractivity contribution in [2.75, 3.05) is 13.1 Å². The SMILES string of the molecule is O=S(=O)(c1ccc(C(F)(F)F)cc1)N1CCC2=Cc3c(cnn3-c3ccc(F)cc3)C[C@]2(C(O)c2ncco2)C1. The Hall–Kier alpha value is -3.81. The van der Waals surface area contributed by atoms with Crippen LogP contribution < -0.4 is 0 Å². The smallest absolute Gasteiger partial charge is 0.416 e. The molecule has 4 aromatic rings. The zero-order chi connectivity index (χ0) is 28.3. The lowest BCUT2D eigenvalue weighted by Gasteiger charge is -2.47. The summed E-state index contributed by atoms with van der Waals surface area (Å²) >= 11 is 0. The molecule has 3 heterocycles. The van der Waals surface area contributed by atoms with Crippen molar-refractivity contribution < 1.29 is 35.5 Å². The van der Waals surface area contributed by atoms with Crippen molar-refractivity contribution in [3.8, 4) is 5.69 Å². The fraction of sp³-hybridized carbons (Fsp3) is 0.259. The Balaban J connectivity index is 1.40. The zero-order valence-corrected chi connectivity index (χ0v) is 21.5. The minimum absolute atomic E-state index is 0.00838. The highest BCUT2D eigenvalue weighted by molar-refractivity contribution is 7.89. The van der Waals surface area contributed by atoms with Gasteiger partial charge in [0.1, 0.15) is 18.2 Å². The number of halogens is 4. The van der Waals surface area contributed by atoms with Crippen LogP contribution in [0.25, 0.3) is 11.8 Å². The molecule has 0 bridgehead atoms. The van der Waals surface area contributed by atoms with Crippen LogP contribution in [-0.2, 0) is 22.6 Å². The Morgan fingerprint density at radius 2 is 1.80 bits per heavy atom. The molecule has 40 heavy (non-hydrogen) atoms. The van der Waals surface area contributed by atoms with Gasteiger partial charge in [0.05, 0.1) is 34.2 Å². The number of hydrogen-bond acceptors (Lipinski definition) is 6. The van der Waals surface area contributed by atoms with Gasteiger partial charge < -0.3 is 9.52 Å². The Labute approximate surface area is 226 Å². The van der Waals surface area contributed by atoms with Crippen molar-refractivity contribution in [1.29, 1.82) is 0 Å². The first-order valence-electron chi connectivity index (χ1n) is 12.3. The van der Waals surface area contributed by atoms with Gasteiger partial charge in [-0.2, -0.15) is 22.6 Å². The summed E-state index contributed by atoms with van der Waals surface area (Å²) in [7, 11) is -4.21. The highest BCUT2D eigenvalue weighted by Crippen LogP contribution is 2.52. The molecule has 0 radical (unpaired) electrons.